The topological polar surface area (TPSA) is 70.2 Å². The van der Waals surface area contributed by atoms with Crippen molar-refractivity contribution in [2.24, 2.45) is 0 Å². The Morgan fingerprint density at radius 2 is 2.11 bits per heavy atom. The number of methoxy groups -OCH3 is 1. The zero-order valence-electron chi connectivity index (χ0n) is 9.94. The smallest absolute Gasteiger partial charge is 0.381 e. The van der Waals surface area contributed by atoms with E-state index in [1.54, 1.807) is 36.2 Å². The first-order valence-electron chi connectivity index (χ1n) is 5.81. The Morgan fingerprint density at radius 1 is 1.39 bits per heavy atom. The number of rotatable bonds is 3. The van der Waals surface area contributed by atoms with Crippen molar-refractivity contribution in [2.75, 3.05) is 7.11 Å². The molecule has 1 aliphatic carbocycles. The molecular formula is C12H13N3O3. The SMILES string of the molecule is COC1CC(n2c(-c3ccncc3)noc2=O)C1. The van der Waals surface area contributed by atoms with E-state index in [1.165, 1.54) is 0 Å². The van der Waals surface area contributed by atoms with Crippen molar-refractivity contribution in [1.82, 2.24) is 14.7 Å². The Morgan fingerprint density at radius 3 is 2.78 bits per heavy atom. The van der Waals surface area contributed by atoms with Crippen molar-refractivity contribution in [3.63, 3.8) is 0 Å². The van der Waals surface area contributed by atoms with Gasteiger partial charge in [0.05, 0.1) is 6.10 Å². The average molecular weight is 247 g/mol. The summed E-state index contributed by atoms with van der Waals surface area (Å²) in [7, 11) is 1.68. The van der Waals surface area contributed by atoms with Crippen LogP contribution in [0.5, 0.6) is 0 Å². The molecule has 3 rings (SSSR count). The van der Waals surface area contributed by atoms with Crippen LogP contribution in [0.4, 0.5) is 0 Å². The van der Waals surface area contributed by atoms with E-state index in [4.69, 9.17) is 9.26 Å². The summed E-state index contributed by atoms with van der Waals surface area (Å²) in [6.07, 6.45) is 5.18. The third-order valence-corrected chi connectivity index (χ3v) is 3.34. The zero-order valence-corrected chi connectivity index (χ0v) is 9.94. The molecule has 1 aliphatic rings. The van der Waals surface area contributed by atoms with E-state index >= 15 is 0 Å². The predicted molar refractivity (Wildman–Crippen MR) is 63.1 cm³/mol. The predicted octanol–water partition coefficient (Wildman–Crippen LogP) is 1.25. The molecule has 18 heavy (non-hydrogen) atoms. The Kier molecular flexibility index (Phi) is 2.71. The highest BCUT2D eigenvalue weighted by atomic mass is 16.5. The number of hydrogen-bond acceptors (Lipinski definition) is 5. The van der Waals surface area contributed by atoms with E-state index in [1.807, 2.05) is 0 Å². The number of ether oxygens (including phenoxy) is 1. The van der Waals surface area contributed by atoms with E-state index in [0.29, 0.717) is 5.82 Å². The third-order valence-electron chi connectivity index (χ3n) is 3.34. The number of aromatic nitrogens is 3. The van der Waals surface area contributed by atoms with Gasteiger partial charge >= 0.3 is 5.76 Å². The second-order valence-electron chi connectivity index (χ2n) is 4.36. The van der Waals surface area contributed by atoms with Gasteiger partial charge in [-0.25, -0.2) is 4.79 Å². The molecule has 0 atom stereocenters. The van der Waals surface area contributed by atoms with E-state index in [2.05, 4.69) is 10.1 Å². The molecule has 94 valence electrons. The summed E-state index contributed by atoms with van der Waals surface area (Å²) in [5.74, 6) is 0.142. The molecule has 0 N–H and O–H groups in total. The van der Waals surface area contributed by atoms with Crippen molar-refractivity contribution >= 4 is 0 Å². The van der Waals surface area contributed by atoms with Crippen molar-refractivity contribution in [3.05, 3.63) is 35.1 Å². The zero-order chi connectivity index (χ0) is 12.5. The molecule has 0 spiro atoms. The summed E-state index contributed by atoms with van der Waals surface area (Å²) < 4.78 is 11.6. The summed E-state index contributed by atoms with van der Waals surface area (Å²) in [4.78, 5) is 15.7. The van der Waals surface area contributed by atoms with Crippen molar-refractivity contribution in [2.45, 2.75) is 25.0 Å². The lowest BCUT2D eigenvalue weighted by atomic mass is 9.89. The number of pyridine rings is 1. The van der Waals surface area contributed by atoms with Crippen LogP contribution < -0.4 is 5.76 Å². The highest BCUT2D eigenvalue weighted by molar-refractivity contribution is 5.53. The summed E-state index contributed by atoms with van der Waals surface area (Å²) in [6.45, 7) is 0. The van der Waals surface area contributed by atoms with Crippen LogP contribution in [-0.4, -0.2) is 27.9 Å². The fourth-order valence-corrected chi connectivity index (χ4v) is 2.21. The number of nitrogens with zero attached hydrogens (tertiary/aromatic N) is 3. The summed E-state index contributed by atoms with van der Waals surface area (Å²) in [6, 6.07) is 3.72. The lowest BCUT2D eigenvalue weighted by Gasteiger charge is -2.34. The van der Waals surface area contributed by atoms with Crippen LogP contribution in [0.1, 0.15) is 18.9 Å². The quantitative estimate of drug-likeness (QED) is 0.816. The van der Waals surface area contributed by atoms with Gasteiger partial charge in [0.25, 0.3) is 0 Å². The Labute approximate surface area is 103 Å². The molecule has 2 aromatic rings. The molecule has 6 nitrogen and oxygen atoms in total. The van der Waals surface area contributed by atoms with Gasteiger partial charge in [-0.3, -0.25) is 14.1 Å². The maximum atomic E-state index is 11.7. The standard InChI is InChI=1S/C12H13N3O3/c1-17-10-6-9(7-10)15-11(14-18-12(15)16)8-2-4-13-5-3-8/h2-5,9-10H,6-7H2,1H3. The maximum absolute atomic E-state index is 11.7. The van der Waals surface area contributed by atoms with Gasteiger partial charge in [0.15, 0.2) is 5.82 Å². The minimum atomic E-state index is -0.415. The fourth-order valence-electron chi connectivity index (χ4n) is 2.21. The van der Waals surface area contributed by atoms with Crippen LogP contribution in [0, 0.1) is 0 Å². The molecule has 2 aromatic heterocycles. The van der Waals surface area contributed by atoms with Crippen LogP contribution >= 0.6 is 0 Å². The van der Waals surface area contributed by atoms with Gasteiger partial charge in [-0.2, -0.15) is 0 Å². The molecule has 0 radical (unpaired) electrons. The second-order valence-corrected chi connectivity index (χ2v) is 4.36. The fraction of sp³-hybridized carbons (Fsp3) is 0.417. The molecule has 6 heteroatoms. The minimum absolute atomic E-state index is 0.108. The van der Waals surface area contributed by atoms with Crippen LogP contribution in [0.25, 0.3) is 11.4 Å². The Bertz CT molecular complexity index is 584. The third kappa shape index (κ3) is 1.74. The van der Waals surface area contributed by atoms with Gasteiger partial charge in [-0.1, -0.05) is 5.16 Å². The van der Waals surface area contributed by atoms with Gasteiger partial charge in [0.1, 0.15) is 0 Å². The van der Waals surface area contributed by atoms with Crippen molar-refractivity contribution in [1.29, 1.82) is 0 Å². The van der Waals surface area contributed by atoms with Crippen LogP contribution in [0.15, 0.2) is 33.8 Å². The highest BCUT2D eigenvalue weighted by Crippen LogP contribution is 2.35. The summed E-state index contributed by atoms with van der Waals surface area (Å²) in [5, 5.41) is 3.85. The average Bonchev–Trinajstić information content (AvgIpc) is 2.72. The summed E-state index contributed by atoms with van der Waals surface area (Å²) in [5.41, 5.74) is 0.830. The molecule has 1 saturated carbocycles. The van der Waals surface area contributed by atoms with Crippen molar-refractivity contribution < 1.29 is 9.26 Å². The lowest BCUT2D eigenvalue weighted by molar-refractivity contribution is 0.00480. The van der Waals surface area contributed by atoms with Gasteiger partial charge in [0.2, 0.25) is 0 Å². The van der Waals surface area contributed by atoms with E-state index in [9.17, 15) is 4.79 Å². The largest absolute Gasteiger partial charge is 0.442 e. The Balaban J connectivity index is 1.96. The van der Waals surface area contributed by atoms with E-state index < -0.39 is 5.76 Å². The van der Waals surface area contributed by atoms with E-state index in [0.717, 1.165) is 18.4 Å². The summed E-state index contributed by atoms with van der Waals surface area (Å²) >= 11 is 0. The first-order chi connectivity index (χ1) is 8.79. The molecule has 1 fully saturated rings. The molecular weight excluding hydrogens is 234 g/mol. The van der Waals surface area contributed by atoms with E-state index in [-0.39, 0.29) is 12.1 Å². The monoisotopic (exact) mass is 247 g/mol. The second kappa shape index (κ2) is 4.38. The van der Waals surface area contributed by atoms with Gasteiger partial charge in [0, 0.05) is 31.1 Å². The molecule has 0 aromatic carbocycles. The van der Waals surface area contributed by atoms with Crippen molar-refractivity contribution in [3.8, 4) is 11.4 Å². The first kappa shape index (κ1) is 11.2. The molecule has 0 bridgehead atoms. The van der Waals surface area contributed by atoms with Crippen LogP contribution in [0.3, 0.4) is 0 Å². The van der Waals surface area contributed by atoms with Crippen LogP contribution in [0.2, 0.25) is 0 Å². The maximum Gasteiger partial charge on any atom is 0.442 e. The van der Waals surface area contributed by atoms with Gasteiger partial charge in [-0.05, 0) is 25.0 Å². The minimum Gasteiger partial charge on any atom is -0.381 e. The molecule has 0 amide bonds. The molecule has 0 unspecified atom stereocenters. The molecule has 0 saturated heterocycles. The number of hydrogen-bond donors (Lipinski definition) is 0. The molecule has 0 aliphatic heterocycles. The van der Waals surface area contributed by atoms with Gasteiger partial charge in [-0.15, -0.1) is 0 Å². The van der Waals surface area contributed by atoms with Gasteiger partial charge < -0.3 is 4.74 Å². The first-order valence-corrected chi connectivity index (χ1v) is 5.81. The Hall–Kier alpha value is -1.95. The normalized spacial score (nSPS) is 22.7. The van der Waals surface area contributed by atoms with Crippen LogP contribution in [-0.2, 0) is 4.74 Å². The highest BCUT2D eigenvalue weighted by Gasteiger charge is 2.34. The lowest BCUT2D eigenvalue weighted by Crippen LogP contribution is -2.36. The molecule has 2 heterocycles.